The molecule has 30 heavy (non-hydrogen) atoms. The van der Waals surface area contributed by atoms with Crippen molar-refractivity contribution in [3.8, 4) is 5.75 Å². The number of halogens is 1. The Labute approximate surface area is 185 Å². The number of benzene rings is 3. The third-order valence-electron chi connectivity index (χ3n) is 4.46. The number of hydrogen-bond donors (Lipinski definition) is 1. The lowest BCUT2D eigenvalue weighted by molar-refractivity contribution is -0.255. The van der Waals surface area contributed by atoms with Crippen LogP contribution in [0.4, 0.5) is 5.69 Å². The van der Waals surface area contributed by atoms with E-state index in [-0.39, 0.29) is 5.56 Å². The molecule has 0 unspecified atom stereocenters. The molecule has 0 aromatic heterocycles. The van der Waals surface area contributed by atoms with Gasteiger partial charge in [-0.2, -0.15) is 0 Å². The van der Waals surface area contributed by atoms with E-state index in [1.807, 2.05) is 53.4 Å². The third kappa shape index (κ3) is 5.95. The van der Waals surface area contributed by atoms with Gasteiger partial charge in [0.15, 0.2) is 5.11 Å². The molecule has 0 bridgehead atoms. The van der Waals surface area contributed by atoms with Crippen LogP contribution in [0.1, 0.15) is 21.5 Å². The number of carboxylic acid groups (broad SMARTS) is 1. The molecule has 0 radical (unpaired) electrons. The summed E-state index contributed by atoms with van der Waals surface area (Å²) in [7, 11) is 1.61. The summed E-state index contributed by atoms with van der Waals surface area (Å²) in [5.41, 5.74) is 2.91. The number of methoxy groups -OCH3 is 1. The van der Waals surface area contributed by atoms with Gasteiger partial charge in [-0.15, -0.1) is 0 Å². The Kier molecular flexibility index (Phi) is 7.27. The first-order valence-electron chi connectivity index (χ1n) is 9.19. The van der Waals surface area contributed by atoms with Crippen molar-refractivity contribution in [3.63, 3.8) is 0 Å². The summed E-state index contributed by atoms with van der Waals surface area (Å²) in [5.74, 6) is -0.472. The van der Waals surface area contributed by atoms with Crippen LogP contribution in [0.5, 0.6) is 5.75 Å². The fourth-order valence-electron chi connectivity index (χ4n) is 2.88. The van der Waals surface area contributed by atoms with Crippen LogP contribution in [0, 0.1) is 0 Å². The highest BCUT2D eigenvalue weighted by molar-refractivity contribution is 7.80. The highest BCUT2D eigenvalue weighted by Crippen LogP contribution is 2.19. The molecule has 0 saturated carbocycles. The molecular formula is C23H20ClN2O3S-. The van der Waals surface area contributed by atoms with Gasteiger partial charge in [0, 0.05) is 29.9 Å². The molecule has 0 aliphatic heterocycles. The highest BCUT2D eigenvalue weighted by Gasteiger charge is 2.13. The Bertz CT molecular complexity index is 1020. The standard InChI is InChI=1S/C23H21ClN2O3S/c1-29-21-4-2-3-20(13-21)25-23(30)26(15-17-7-11-19(24)12-8-17)14-16-5-9-18(10-6-16)22(27)28/h2-13H,14-15H2,1H3,(H,25,30)(H,27,28)/p-1. The van der Waals surface area contributed by atoms with E-state index < -0.39 is 5.97 Å². The lowest BCUT2D eigenvalue weighted by Gasteiger charge is -2.26. The number of ether oxygens (including phenoxy) is 1. The van der Waals surface area contributed by atoms with E-state index >= 15 is 0 Å². The average Bonchev–Trinajstić information content (AvgIpc) is 2.75. The molecule has 0 fully saturated rings. The molecule has 3 rings (SSSR count). The van der Waals surface area contributed by atoms with Crippen LogP contribution in [0.3, 0.4) is 0 Å². The lowest BCUT2D eigenvalue weighted by Crippen LogP contribution is -2.33. The molecule has 0 atom stereocenters. The number of anilines is 1. The summed E-state index contributed by atoms with van der Waals surface area (Å²) in [6.07, 6.45) is 0. The molecular weight excluding hydrogens is 420 g/mol. The van der Waals surface area contributed by atoms with Crippen LogP contribution in [-0.4, -0.2) is 23.1 Å². The van der Waals surface area contributed by atoms with Crippen LogP contribution < -0.4 is 15.2 Å². The predicted octanol–water partition coefficient (Wildman–Crippen LogP) is 4.11. The average molecular weight is 440 g/mol. The minimum absolute atomic E-state index is 0.139. The van der Waals surface area contributed by atoms with Crippen LogP contribution in [0.15, 0.2) is 72.8 Å². The zero-order valence-corrected chi connectivity index (χ0v) is 17.9. The Morgan fingerprint density at radius 3 is 2.20 bits per heavy atom. The first-order valence-corrected chi connectivity index (χ1v) is 9.98. The Morgan fingerprint density at radius 2 is 1.63 bits per heavy atom. The molecule has 5 nitrogen and oxygen atoms in total. The molecule has 1 N–H and O–H groups in total. The van der Waals surface area contributed by atoms with E-state index in [4.69, 9.17) is 28.6 Å². The second-order valence-corrected chi connectivity index (χ2v) is 7.45. The molecule has 0 heterocycles. The van der Waals surface area contributed by atoms with Gasteiger partial charge in [-0.1, -0.05) is 54.1 Å². The fourth-order valence-corrected chi connectivity index (χ4v) is 3.25. The molecule has 0 aliphatic carbocycles. The highest BCUT2D eigenvalue weighted by atomic mass is 35.5. The molecule has 0 spiro atoms. The van der Waals surface area contributed by atoms with Gasteiger partial charge in [-0.25, -0.2) is 0 Å². The predicted molar refractivity (Wildman–Crippen MR) is 121 cm³/mol. The van der Waals surface area contributed by atoms with Crippen molar-refractivity contribution in [2.75, 3.05) is 12.4 Å². The van der Waals surface area contributed by atoms with E-state index in [1.54, 1.807) is 19.2 Å². The van der Waals surface area contributed by atoms with Crippen molar-refractivity contribution in [2.45, 2.75) is 13.1 Å². The monoisotopic (exact) mass is 439 g/mol. The van der Waals surface area contributed by atoms with E-state index in [9.17, 15) is 9.90 Å². The van der Waals surface area contributed by atoms with E-state index in [0.717, 1.165) is 22.6 Å². The van der Waals surface area contributed by atoms with Gasteiger partial charge in [-0.3, -0.25) is 0 Å². The summed E-state index contributed by atoms with van der Waals surface area (Å²) in [4.78, 5) is 13.0. The van der Waals surface area contributed by atoms with Crippen molar-refractivity contribution in [1.29, 1.82) is 0 Å². The summed E-state index contributed by atoms with van der Waals surface area (Å²) in [5, 5.41) is 15.4. The number of rotatable bonds is 7. The van der Waals surface area contributed by atoms with Crippen LogP contribution in [0.2, 0.25) is 5.02 Å². The lowest BCUT2D eigenvalue weighted by atomic mass is 10.1. The number of carbonyl (C=O) groups excluding carboxylic acids is 1. The van der Waals surface area contributed by atoms with Crippen molar-refractivity contribution < 1.29 is 14.6 Å². The van der Waals surface area contributed by atoms with Crippen molar-refractivity contribution in [1.82, 2.24) is 4.90 Å². The zero-order chi connectivity index (χ0) is 21.5. The minimum Gasteiger partial charge on any atom is -0.545 e. The van der Waals surface area contributed by atoms with Gasteiger partial charge >= 0.3 is 0 Å². The van der Waals surface area contributed by atoms with Gasteiger partial charge in [0.2, 0.25) is 0 Å². The number of nitrogens with one attached hydrogen (secondary N) is 1. The van der Waals surface area contributed by atoms with Crippen LogP contribution in [-0.2, 0) is 13.1 Å². The van der Waals surface area contributed by atoms with Crippen LogP contribution >= 0.6 is 23.8 Å². The molecule has 0 amide bonds. The van der Waals surface area contributed by atoms with Crippen molar-refractivity contribution >= 4 is 40.6 Å². The molecule has 154 valence electrons. The number of thiocarbonyl (C=S) groups is 1. The number of nitrogens with zero attached hydrogens (tertiary/aromatic N) is 1. The minimum atomic E-state index is -1.20. The summed E-state index contributed by atoms with van der Waals surface area (Å²) in [6, 6.07) is 21.7. The fraction of sp³-hybridized carbons (Fsp3) is 0.130. The maximum Gasteiger partial charge on any atom is 0.174 e. The molecule has 3 aromatic rings. The van der Waals surface area contributed by atoms with Gasteiger partial charge < -0.3 is 24.9 Å². The maximum atomic E-state index is 11.0. The largest absolute Gasteiger partial charge is 0.545 e. The summed E-state index contributed by atoms with van der Waals surface area (Å²) >= 11 is 11.7. The molecule has 0 aliphatic rings. The summed E-state index contributed by atoms with van der Waals surface area (Å²) < 4.78 is 5.27. The number of aromatic carboxylic acids is 1. The van der Waals surface area contributed by atoms with E-state index in [1.165, 1.54) is 12.1 Å². The quantitative estimate of drug-likeness (QED) is 0.559. The van der Waals surface area contributed by atoms with Crippen LogP contribution in [0.25, 0.3) is 0 Å². The smallest absolute Gasteiger partial charge is 0.174 e. The van der Waals surface area contributed by atoms with Crippen molar-refractivity contribution in [2.24, 2.45) is 0 Å². The normalized spacial score (nSPS) is 10.3. The van der Waals surface area contributed by atoms with Gasteiger partial charge in [0.1, 0.15) is 5.75 Å². The number of carbonyl (C=O) groups is 1. The van der Waals surface area contributed by atoms with Gasteiger partial charge in [-0.05, 0) is 53.2 Å². The first kappa shape index (κ1) is 21.6. The Balaban J connectivity index is 1.80. The first-order chi connectivity index (χ1) is 14.4. The van der Waals surface area contributed by atoms with E-state index in [0.29, 0.717) is 23.2 Å². The maximum absolute atomic E-state index is 11.0. The second-order valence-electron chi connectivity index (χ2n) is 6.63. The third-order valence-corrected chi connectivity index (χ3v) is 5.07. The topological polar surface area (TPSA) is 64.6 Å². The SMILES string of the molecule is COc1cccc(NC(=S)N(Cc2ccc(Cl)cc2)Cc2ccc(C(=O)[O-])cc2)c1. The van der Waals surface area contributed by atoms with E-state index in [2.05, 4.69) is 5.32 Å². The van der Waals surface area contributed by atoms with Gasteiger partial charge in [0.05, 0.1) is 13.1 Å². The molecule has 0 saturated heterocycles. The van der Waals surface area contributed by atoms with Crippen molar-refractivity contribution in [3.05, 3.63) is 94.5 Å². The number of carboxylic acids is 1. The zero-order valence-electron chi connectivity index (χ0n) is 16.3. The number of hydrogen-bond acceptors (Lipinski definition) is 4. The Morgan fingerprint density at radius 1 is 1.03 bits per heavy atom. The molecule has 7 heteroatoms. The Hall–Kier alpha value is -3.09. The summed E-state index contributed by atoms with van der Waals surface area (Å²) in [6.45, 7) is 1.04. The molecule has 3 aromatic carbocycles. The second kappa shape index (κ2) is 10.1. The van der Waals surface area contributed by atoms with Gasteiger partial charge in [0.25, 0.3) is 0 Å².